The number of aliphatic carboxylic acids is 1. The SMILES string of the molecule is CC(C)CCN(C)C(=O)N1CCCCC1CCC(=O)O. The number of carboxylic acids is 1. The Labute approximate surface area is 121 Å². The number of rotatable bonds is 6. The Morgan fingerprint density at radius 3 is 2.65 bits per heavy atom. The zero-order valence-corrected chi connectivity index (χ0v) is 13.0. The Morgan fingerprint density at radius 2 is 2.05 bits per heavy atom. The molecule has 5 heteroatoms. The molecule has 0 aromatic carbocycles. The molecule has 116 valence electrons. The van der Waals surface area contributed by atoms with Crippen LogP contribution in [0.25, 0.3) is 0 Å². The molecule has 1 aliphatic rings. The standard InChI is InChI=1S/C15H28N2O3/c1-12(2)9-11-16(3)15(20)17-10-5-4-6-13(17)7-8-14(18)19/h12-13H,4-11H2,1-3H3,(H,18,19). The van der Waals surface area contributed by atoms with Crippen LogP contribution in [0.4, 0.5) is 4.79 Å². The maximum atomic E-state index is 12.5. The summed E-state index contributed by atoms with van der Waals surface area (Å²) in [6.45, 7) is 5.82. The first-order valence-corrected chi connectivity index (χ1v) is 7.65. The van der Waals surface area contributed by atoms with E-state index in [1.165, 1.54) is 0 Å². The van der Waals surface area contributed by atoms with E-state index in [2.05, 4.69) is 13.8 Å². The summed E-state index contributed by atoms with van der Waals surface area (Å²) in [6.07, 6.45) is 4.74. The molecule has 20 heavy (non-hydrogen) atoms. The highest BCUT2D eigenvalue weighted by molar-refractivity contribution is 5.74. The van der Waals surface area contributed by atoms with Gasteiger partial charge in [-0.2, -0.15) is 0 Å². The molecule has 2 amide bonds. The van der Waals surface area contributed by atoms with E-state index in [4.69, 9.17) is 5.11 Å². The summed E-state index contributed by atoms with van der Waals surface area (Å²) in [5.41, 5.74) is 0. The third-order valence-electron chi connectivity index (χ3n) is 3.93. The molecule has 0 spiro atoms. The second-order valence-corrected chi connectivity index (χ2v) is 6.16. The van der Waals surface area contributed by atoms with Crippen molar-refractivity contribution >= 4 is 12.0 Å². The molecule has 1 fully saturated rings. The Hall–Kier alpha value is -1.26. The van der Waals surface area contributed by atoms with Gasteiger partial charge < -0.3 is 14.9 Å². The van der Waals surface area contributed by atoms with Crippen molar-refractivity contribution < 1.29 is 14.7 Å². The van der Waals surface area contributed by atoms with Gasteiger partial charge in [0.2, 0.25) is 0 Å². The zero-order chi connectivity index (χ0) is 15.1. The third kappa shape index (κ3) is 5.39. The molecular weight excluding hydrogens is 256 g/mol. The molecule has 0 aromatic heterocycles. The van der Waals surface area contributed by atoms with Crippen LogP contribution in [0, 0.1) is 5.92 Å². The van der Waals surface area contributed by atoms with Crippen molar-refractivity contribution in [2.45, 2.75) is 58.4 Å². The molecule has 0 radical (unpaired) electrons. The number of likely N-dealkylation sites (tertiary alicyclic amines) is 1. The Kier molecular flexibility index (Phi) is 6.82. The van der Waals surface area contributed by atoms with E-state index in [1.54, 1.807) is 4.90 Å². The molecule has 0 aliphatic carbocycles. The van der Waals surface area contributed by atoms with E-state index in [0.717, 1.165) is 38.8 Å². The molecule has 0 saturated carbocycles. The zero-order valence-electron chi connectivity index (χ0n) is 13.0. The summed E-state index contributed by atoms with van der Waals surface area (Å²) in [4.78, 5) is 26.8. The van der Waals surface area contributed by atoms with Gasteiger partial charge in [-0.25, -0.2) is 4.79 Å². The third-order valence-corrected chi connectivity index (χ3v) is 3.93. The first-order valence-electron chi connectivity index (χ1n) is 7.65. The first kappa shape index (κ1) is 16.8. The lowest BCUT2D eigenvalue weighted by Crippen LogP contribution is -2.49. The van der Waals surface area contributed by atoms with Crippen molar-refractivity contribution in [1.82, 2.24) is 9.80 Å². The van der Waals surface area contributed by atoms with Crippen LogP contribution in [0.3, 0.4) is 0 Å². The van der Waals surface area contributed by atoms with Crippen LogP contribution in [-0.2, 0) is 4.79 Å². The largest absolute Gasteiger partial charge is 0.481 e. The van der Waals surface area contributed by atoms with Crippen LogP contribution < -0.4 is 0 Å². The average molecular weight is 284 g/mol. The van der Waals surface area contributed by atoms with Gasteiger partial charge in [0.25, 0.3) is 0 Å². The lowest BCUT2D eigenvalue weighted by molar-refractivity contribution is -0.137. The van der Waals surface area contributed by atoms with Gasteiger partial charge in [0.1, 0.15) is 0 Å². The average Bonchev–Trinajstić information content (AvgIpc) is 2.41. The minimum absolute atomic E-state index is 0.0562. The number of hydrogen-bond acceptors (Lipinski definition) is 2. The highest BCUT2D eigenvalue weighted by atomic mass is 16.4. The Morgan fingerprint density at radius 1 is 1.35 bits per heavy atom. The molecule has 1 rings (SSSR count). The fraction of sp³-hybridized carbons (Fsp3) is 0.867. The van der Waals surface area contributed by atoms with E-state index < -0.39 is 5.97 Å². The van der Waals surface area contributed by atoms with Crippen LogP contribution in [0.1, 0.15) is 52.4 Å². The minimum atomic E-state index is -0.781. The number of carbonyl (C=O) groups excluding carboxylic acids is 1. The van der Waals surface area contributed by atoms with E-state index in [1.807, 2.05) is 11.9 Å². The number of carboxylic acid groups (broad SMARTS) is 1. The van der Waals surface area contributed by atoms with E-state index in [9.17, 15) is 9.59 Å². The molecular formula is C15H28N2O3. The highest BCUT2D eigenvalue weighted by Gasteiger charge is 2.28. The van der Waals surface area contributed by atoms with Gasteiger partial charge in [-0.1, -0.05) is 13.8 Å². The van der Waals surface area contributed by atoms with E-state index >= 15 is 0 Å². The van der Waals surface area contributed by atoms with E-state index in [0.29, 0.717) is 12.3 Å². The van der Waals surface area contributed by atoms with Crippen molar-refractivity contribution in [1.29, 1.82) is 0 Å². The van der Waals surface area contributed by atoms with Gasteiger partial charge >= 0.3 is 12.0 Å². The summed E-state index contributed by atoms with van der Waals surface area (Å²) in [7, 11) is 1.84. The van der Waals surface area contributed by atoms with Gasteiger partial charge in [0, 0.05) is 32.6 Å². The molecule has 1 N–H and O–H groups in total. The van der Waals surface area contributed by atoms with Crippen LogP contribution in [0.15, 0.2) is 0 Å². The fourth-order valence-corrected chi connectivity index (χ4v) is 2.61. The van der Waals surface area contributed by atoms with Crippen LogP contribution in [-0.4, -0.2) is 53.1 Å². The monoisotopic (exact) mass is 284 g/mol. The number of hydrogen-bond donors (Lipinski definition) is 1. The minimum Gasteiger partial charge on any atom is -0.481 e. The number of urea groups is 1. The fourth-order valence-electron chi connectivity index (χ4n) is 2.61. The first-order chi connectivity index (χ1) is 9.41. The van der Waals surface area contributed by atoms with Crippen LogP contribution in [0.5, 0.6) is 0 Å². The lowest BCUT2D eigenvalue weighted by Gasteiger charge is -2.38. The van der Waals surface area contributed by atoms with Crippen LogP contribution in [0.2, 0.25) is 0 Å². The van der Waals surface area contributed by atoms with Crippen LogP contribution >= 0.6 is 0 Å². The van der Waals surface area contributed by atoms with Gasteiger partial charge in [0.05, 0.1) is 0 Å². The second-order valence-electron chi connectivity index (χ2n) is 6.16. The van der Waals surface area contributed by atoms with Gasteiger partial charge in [-0.15, -0.1) is 0 Å². The predicted octanol–water partition coefficient (Wildman–Crippen LogP) is 2.80. The van der Waals surface area contributed by atoms with Gasteiger partial charge in [0.15, 0.2) is 0 Å². The van der Waals surface area contributed by atoms with Gasteiger partial charge in [-0.3, -0.25) is 4.79 Å². The van der Waals surface area contributed by atoms with Crippen molar-refractivity contribution in [3.8, 4) is 0 Å². The normalized spacial score (nSPS) is 19.2. The Bertz CT molecular complexity index is 331. The molecule has 1 aliphatic heterocycles. The number of carbonyl (C=O) groups is 2. The van der Waals surface area contributed by atoms with Crippen molar-refractivity contribution in [3.05, 3.63) is 0 Å². The van der Waals surface area contributed by atoms with Crippen molar-refractivity contribution in [2.75, 3.05) is 20.1 Å². The maximum Gasteiger partial charge on any atom is 0.319 e. The molecule has 1 saturated heterocycles. The molecule has 1 atom stereocenters. The van der Waals surface area contributed by atoms with Crippen molar-refractivity contribution in [2.24, 2.45) is 5.92 Å². The molecule has 0 bridgehead atoms. The second kappa shape index (κ2) is 8.12. The maximum absolute atomic E-state index is 12.5. The Balaban J connectivity index is 2.54. The summed E-state index contributed by atoms with van der Waals surface area (Å²) in [6, 6.07) is 0.148. The highest BCUT2D eigenvalue weighted by Crippen LogP contribution is 2.22. The summed E-state index contributed by atoms with van der Waals surface area (Å²) < 4.78 is 0. The number of amides is 2. The molecule has 1 unspecified atom stereocenters. The van der Waals surface area contributed by atoms with Crippen molar-refractivity contribution in [3.63, 3.8) is 0 Å². The number of nitrogens with zero attached hydrogens (tertiary/aromatic N) is 2. The lowest BCUT2D eigenvalue weighted by atomic mass is 9.98. The summed E-state index contributed by atoms with van der Waals surface area (Å²) in [5, 5.41) is 8.81. The summed E-state index contributed by atoms with van der Waals surface area (Å²) >= 11 is 0. The topological polar surface area (TPSA) is 60.9 Å². The smallest absolute Gasteiger partial charge is 0.319 e. The molecule has 1 heterocycles. The predicted molar refractivity (Wildman–Crippen MR) is 78.7 cm³/mol. The van der Waals surface area contributed by atoms with Gasteiger partial charge in [-0.05, 0) is 38.0 Å². The molecule has 0 aromatic rings. The quantitative estimate of drug-likeness (QED) is 0.816. The summed E-state index contributed by atoms with van der Waals surface area (Å²) in [5.74, 6) is -0.203. The number of piperidine rings is 1. The molecule has 5 nitrogen and oxygen atoms in total. The van der Waals surface area contributed by atoms with E-state index in [-0.39, 0.29) is 18.5 Å².